The molecule has 0 unspecified atom stereocenters. The largest absolute Gasteiger partial charge is 0.488 e. The van der Waals surface area contributed by atoms with Gasteiger partial charge in [-0.1, -0.05) is 0 Å². The molecule has 0 N–H and O–H groups in total. The quantitative estimate of drug-likeness (QED) is 0.578. The smallest absolute Gasteiger partial charge is 0.413 e. The molecule has 0 bridgehead atoms. The molecule has 10 heteroatoms. The molecule has 108 valence electrons. The zero-order valence-corrected chi connectivity index (χ0v) is 10.2. The maximum atomic E-state index is 12.3. The molecule has 2 heterocycles. The van der Waals surface area contributed by atoms with Gasteiger partial charge in [-0.2, -0.15) is 13.2 Å². The third-order valence-electron chi connectivity index (χ3n) is 2.95. The number of rotatable bonds is 3. The average Bonchev–Trinajstić information content (AvgIpc) is 2.38. The van der Waals surface area contributed by atoms with Gasteiger partial charge in [0.1, 0.15) is 0 Å². The maximum absolute atomic E-state index is 12.3. The van der Waals surface area contributed by atoms with Crippen LogP contribution in [0.5, 0.6) is 0 Å². The van der Waals surface area contributed by atoms with Crippen LogP contribution in [-0.4, -0.2) is 53.3 Å². The highest BCUT2D eigenvalue weighted by Crippen LogP contribution is 2.27. The third-order valence-corrected chi connectivity index (χ3v) is 2.95. The van der Waals surface area contributed by atoms with Gasteiger partial charge in [0, 0.05) is 38.3 Å². The van der Waals surface area contributed by atoms with Crippen molar-refractivity contribution in [1.29, 1.82) is 0 Å². The summed E-state index contributed by atoms with van der Waals surface area (Å²) in [5, 5.41) is 0. The fourth-order valence-corrected chi connectivity index (χ4v) is 1.96. The Bertz CT molecular complexity index is 278. The van der Waals surface area contributed by atoms with Gasteiger partial charge in [-0.25, -0.2) is 0 Å². The number of alkyl halides is 4. The normalized spacial score (nSPS) is 24.0. The van der Waals surface area contributed by atoms with E-state index >= 15 is 0 Å². The number of halogens is 4. The predicted octanol–water partition coefficient (Wildman–Crippen LogP) is 1.29. The second-order valence-corrected chi connectivity index (χ2v) is 4.78. The van der Waals surface area contributed by atoms with Gasteiger partial charge >= 0.3 is 20.2 Å². The molecular weight excluding hydrogens is 270 g/mol. The number of hydrogen-bond acceptors (Lipinski definition) is 4. The van der Waals surface area contributed by atoms with Crippen molar-refractivity contribution >= 4 is 14.0 Å². The lowest BCUT2D eigenvalue weighted by molar-refractivity contribution is -0.152. The van der Waals surface area contributed by atoms with Gasteiger partial charge in [0.15, 0.2) is 0 Å². The van der Waals surface area contributed by atoms with Gasteiger partial charge in [0.05, 0.1) is 13.1 Å². The molecule has 0 aromatic carbocycles. The summed E-state index contributed by atoms with van der Waals surface area (Å²) in [6.45, 7) is -0.265. The zero-order chi connectivity index (χ0) is 13.9. The highest BCUT2D eigenvalue weighted by molar-refractivity contribution is 7.10. The molecular formula is C9H14B2F4O4. The molecule has 2 saturated heterocycles. The molecule has 4 nitrogen and oxygen atoms in total. The van der Waals surface area contributed by atoms with Crippen molar-refractivity contribution in [3.63, 3.8) is 0 Å². The van der Waals surface area contributed by atoms with Crippen LogP contribution in [0, 0.1) is 11.8 Å². The SMILES string of the molecule is FCC1COB(B2OCC(CC(F)(F)F)CO2)OC1. The third kappa shape index (κ3) is 4.62. The summed E-state index contributed by atoms with van der Waals surface area (Å²) in [6, 6.07) is 0. The second-order valence-electron chi connectivity index (χ2n) is 4.78. The van der Waals surface area contributed by atoms with E-state index in [1.165, 1.54) is 0 Å². The van der Waals surface area contributed by atoms with Crippen molar-refractivity contribution < 1.29 is 36.2 Å². The maximum Gasteiger partial charge on any atom is 0.488 e. The molecule has 19 heavy (non-hydrogen) atoms. The second kappa shape index (κ2) is 6.43. The summed E-state index contributed by atoms with van der Waals surface area (Å²) in [7, 11) is -1.64. The lowest BCUT2D eigenvalue weighted by atomic mass is 9.47. The molecule has 0 spiro atoms. The monoisotopic (exact) mass is 284 g/mol. The summed E-state index contributed by atoms with van der Waals surface area (Å²) in [4.78, 5) is 0. The van der Waals surface area contributed by atoms with E-state index in [9.17, 15) is 17.6 Å². The first kappa shape index (κ1) is 15.1. The van der Waals surface area contributed by atoms with Crippen molar-refractivity contribution in [1.82, 2.24) is 0 Å². The molecule has 2 aliphatic rings. The molecule has 2 rings (SSSR count). The Hall–Kier alpha value is -0.310. The molecule has 0 saturated carbocycles. The molecule has 0 aromatic heterocycles. The van der Waals surface area contributed by atoms with Crippen molar-refractivity contribution in [2.24, 2.45) is 11.8 Å². The van der Waals surface area contributed by atoms with E-state index < -0.39 is 39.2 Å². The van der Waals surface area contributed by atoms with E-state index in [1.54, 1.807) is 0 Å². The van der Waals surface area contributed by atoms with Gasteiger partial charge in [0.25, 0.3) is 0 Å². The molecule has 0 atom stereocenters. The first-order chi connectivity index (χ1) is 8.98. The summed E-state index contributed by atoms with van der Waals surface area (Å²) in [5.41, 5.74) is 0. The summed E-state index contributed by atoms with van der Waals surface area (Å²) in [5.74, 6) is -1.02. The molecule has 0 radical (unpaired) electrons. The molecule has 0 amide bonds. The van der Waals surface area contributed by atoms with Gasteiger partial charge in [-0.05, 0) is 0 Å². The molecule has 0 aromatic rings. The first-order valence-corrected chi connectivity index (χ1v) is 6.07. The van der Waals surface area contributed by atoms with Crippen LogP contribution in [0.1, 0.15) is 6.42 Å². The zero-order valence-electron chi connectivity index (χ0n) is 10.2. The van der Waals surface area contributed by atoms with E-state index in [1.807, 2.05) is 0 Å². The standard InChI is InChI=1S/C9H14B2F4O4/c12-2-8-5-18-11(19-6-8)10-16-3-7(4-17-10)1-9(13,14)15/h7-8H,1-6H2. The van der Waals surface area contributed by atoms with Crippen LogP contribution in [0.2, 0.25) is 0 Å². The van der Waals surface area contributed by atoms with E-state index in [2.05, 4.69) is 0 Å². The van der Waals surface area contributed by atoms with E-state index in [0.717, 1.165) is 0 Å². The van der Waals surface area contributed by atoms with Crippen LogP contribution in [0.25, 0.3) is 0 Å². The summed E-state index contributed by atoms with van der Waals surface area (Å²) in [6.07, 6.45) is -5.16. The fraction of sp³-hybridized carbons (Fsp3) is 1.00. The predicted molar refractivity (Wildman–Crippen MR) is 58.9 cm³/mol. The summed E-state index contributed by atoms with van der Waals surface area (Å²) >= 11 is 0. The Labute approximate surface area is 109 Å². The van der Waals surface area contributed by atoms with Gasteiger partial charge < -0.3 is 18.6 Å². The lowest BCUT2D eigenvalue weighted by Crippen LogP contribution is -2.54. The van der Waals surface area contributed by atoms with Gasteiger partial charge in [0.2, 0.25) is 0 Å². The van der Waals surface area contributed by atoms with Gasteiger partial charge in [-0.15, -0.1) is 0 Å². The van der Waals surface area contributed by atoms with Crippen LogP contribution in [0.3, 0.4) is 0 Å². The minimum Gasteiger partial charge on any atom is -0.413 e. The molecule has 2 fully saturated rings. The van der Waals surface area contributed by atoms with Crippen LogP contribution in [0.15, 0.2) is 0 Å². The molecule has 2 aliphatic heterocycles. The van der Waals surface area contributed by atoms with Gasteiger partial charge in [-0.3, -0.25) is 4.39 Å². The van der Waals surface area contributed by atoms with Crippen LogP contribution in [0.4, 0.5) is 17.6 Å². The minimum atomic E-state index is -4.23. The first-order valence-electron chi connectivity index (χ1n) is 6.07. The Balaban J connectivity index is 1.72. The van der Waals surface area contributed by atoms with E-state index in [0.29, 0.717) is 0 Å². The number of hydrogen-bond donors (Lipinski definition) is 0. The summed E-state index contributed by atoms with van der Waals surface area (Å²) < 4.78 is 69.7. The Kier molecular flexibility index (Phi) is 5.10. The van der Waals surface area contributed by atoms with Crippen molar-refractivity contribution in [3.8, 4) is 0 Å². The van der Waals surface area contributed by atoms with Crippen molar-refractivity contribution in [3.05, 3.63) is 0 Å². The highest BCUT2D eigenvalue weighted by Gasteiger charge is 2.46. The van der Waals surface area contributed by atoms with Crippen molar-refractivity contribution in [2.75, 3.05) is 33.1 Å². The van der Waals surface area contributed by atoms with Crippen LogP contribution < -0.4 is 0 Å². The minimum absolute atomic E-state index is 0.0556. The fourth-order valence-electron chi connectivity index (χ4n) is 1.96. The van der Waals surface area contributed by atoms with E-state index in [-0.39, 0.29) is 32.3 Å². The molecule has 0 aliphatic carbocycles. The van der Waals surface area contributed by atoms with E-state index in [4.69, 9.17) is 18.6 Å². The average molecular weight is 284 g/mol. The topological polar surface area (TPSA) is 36.9 Å². The Morgan fingerprint density at radius 2 is 1.26 bits per heavy atom. The lowest BCUT2D eigenvalue weighted by Gasteiger charge is -2.32. The highest BCUT2D eigenvalue weighted by atomic mass is 19.4. The Morgan fingerprint density at radius 1 is 0.842 bits per heavy atom. The van der Waals surface area contributed by atoms with Crippen LogP contribution >= 0.6 is 0 Å². The van der Waals surface area contributed by atoms with Crippen molar-refractivity contribution in [2.45, 2.75) is 12.6 Å². The van der Waals surface area contributed by atoms with Crippen LogP contribution in [-0.2, 0) is 18.6 Å². The Morgan fingerprint density at radius 3 is 1.63 bits per heavy atom.